The summed E-state index contributed by atoms with van der Waals surface area (Å²) in [5.41, 5.74) is 3.85. The first kappa shape index (κ1) is 22.4. The molecule has 0 saturated carbocycles. The molecule has 160 valence electrons. The number of nitrogens with zero attached hydrogens (tertiary/aromatic N) is 2. The van der Waals surface area contributed by atoms with Gasteiger partial charge in [-0.2, -0.15) is 0 Å². The number of benzene rings is 3. The van der Waals surface area contributed by atoms with Gasteiger partial charge in [-0.3, -0.25) is 9.79 Å². The van der Waals surface area contributed by atoms with Crippen molar-refractivity contribution in [3.05, 3.63) is 108 Å². The quantitative estimate of drug-likeness (QED) is 0.292. The Bertz CT molecular complexity index is 937. The van der Waals surface area contributed by atoms with Gasteiger partial charge in [-0.05, 0) is 5.56 Å². The number of quaternary nitrogens is 1. The fraction of sp³-hybridized carbons (Fsp3) is 0.259. The highest BCUT2D eigenvalue weighted by Gasteiger charge is 2.23. The molecule has 0 radical (unpaired) electrons. The van der Waals surface area contributed by atoms with Crippen LogP contribution in [-0.4, -0.2) is 57.0 Å². The van der Waals surface area contributed by atoms with Gasteiger partial charge < -0.3 is 9.22 Å². The summed E-state index contributed by atoms with van der Waals surface area (Å²) in [5, 5.41) is 0. The number of esters is 1. The molecule has 4 nitrogen and oxygen atoms in total. The molecule has 1 unspecified atom stereocenters. The van der Waals surface area contributed by atoms with Crippen molar-refractivity contribution in [2.45, 2.75) is 5.92 Å². The SMILES string of the molecule is C[N+](C)(C)CCOC(=O)C(CN=C(c1ccccc1)c1ccccc1)c1ccccc1. The van der Waals surface area contributed by atoms with Crippen LogP contribution >= 0.6 is 0 Å². The van der Waals surface area contributed by atoms with E-state index in [-0.39, 0.29) is 5.97 Å². The average Bonchev–Trinajstić information content (AvgIpc) is 2.77. The molecule has 0 amide bonds. The van der Waals surface area contributed by atoms with Crippen LogP contribution in [0.15, 0.2) is 96.0 Å². The first-order valence-electron chi connectivity index (χ1n) is 10.6. The van der Waals surface area contributed by atoms with Gasteiger partial charge in [0.15, 0.2) is 0 Å². The Hall–Kier alpha value is -3.24. The fourth-order valence-corrected chi connectivity index (χ4v) is 3.25. The van der Waals surface area contributed by atoms with Crippen molar-refractivity contribution in [2.24, 2.45) is 4.99 Å². The Morgan fingerprint density at radius 2 is 1.29 bits per heavy atom. The standard InChI is InChI=1S/C27H31N2O2/c1-29(2,3)19-20-31-27(30)25(22-13-7-4-8-14-22)21-28-26(23-15-9-5-10-16-23)24-17-11-6-12-18-24/h4-18,25H,19-21H2,1-3H3/q+1. The minimum atomic E-state index is -0.448. The van der Waals surface area contributed by atoms with Crippen LogP contribution in [0.2, 0.25) is 0 Å². The number of rotatable bonds is 9. The normalized spacial score (nSPS) is 12.1. The second kappa shape index (κ2) is 10.7. The summed E-state index contributed by atoms with van der Waals surface area (Å²) in [6.45, 7) is 1.47. The van der Waals surface area contributed by atoms with E-state index in [0.29, 0.717) is 13.2 Å². The predicted molar refractivity (Wildman–Crippen MR) is 126 cm³/mol. The van der Waals surface area contributed by atoms with Crippen molar-refractivity contribution in [3.8, 4) is 0 Å². The zero-order valence-electron chi connectivity index (χ0n) is 18.6. The lowest BCUT2D eigenvalue weighted by molar-refractivity contribution is -0.870. The molecule has 1 atom stereocenters. The summed E-state index contributed by atoms with van der Waals surface area (Å²) < 4.78 is 6.40. The van der Waals surface area contributed by atoms with E-state index in [1.807, 2.05) is 91.0 Å². The first-order valence-corrected chi connectivity index (χ1v) is 10.6. The summed E-state index contributed by atoms with van der Waals surface area (Å²) in [5.74, 6) is -0.681. The van der Waals surface area contributed by atoms with Gasteiger partial charge in [0.25, 0.3) is 0 Å². The van der Waals surface area contributed by atoms with Gasteiger partial charge in [-0.25, -0.2) is 0 Å². The summed E-state index contributed by atoms with van der Waals surface area (Å²) in [7, 11) is 6.25. The van der Waals surface area contributed by atoms with Crippen molar-refractivity contribution in [2.75, 3.05) is 40.8 Å². The molecule has 0 bridgehead atoms. The largest absolute Gasteiger partial charge is 0.459 e. The lowest BCUT2D eigenvalue weighted by atomic mass is 9.98. The van der Waals surface area contributed by atoms with Gasteiger partial charge in [-0.15, -0.1) is 0 Å². The summed E-state index contributed by atoms with van der Waals surface area (Å²) in [6.07, 6.45) is 0. The maximum atomic E-state index is 13.0. The van der Waals surface area contributed by atoms with E-state index in [9.17, 15) is 4.79 Å². The van der Waals surface area contributed by atoms with Crippen molar-refractivity contribution < 1.29 is 14.0 Å². The highest BCUT2D eigenvalue weighted by atomic mass is 16.5. The molecule has 0 saturated heterocycles. The number of likely N-dealkylation sites (N-methyl/N-ethyl adjacent to an activating group) is 1. The molecule has 4 heteroatoms. The van der Waals surface area contributed by atoms with E-state index < -0.39 is 5.92 Å². The Labute approximate surface area is 185 Å². The van der Waals surface area contributed by atoms with Gasteiger partial charge in [0.1, 0.15) is 19.1 Å². The monoisotopic (exact) mass is 415 g/mol. The zero-order valence-corrected chi connectivity index (χ0v) is 18.6. The Morgan fingerprint density at radius 1 is 0.806 bits per heavy atom. The summed E-state index contributed by atoms with van der Waals surface area (Å²) in [6, 6.07) is 29.9. The summed E-state index contributed by atoms with van der Waals surface area (Å²) in [4.78, 5) is 17.9. The number of carbonyl (C=O) groups excluding carboxylic acids is 1. The third-order valence-electron chi connectivity index (χ3n) is 5.02. The van der Waals surface area contributed by atoms with Crippen LogP contribution in [0.5, 0.6) is 0 Å². The number of hydrogen-bond acceptors (Lipinski definition) is 3. The second-order valence-electron chi connectivity index (χ2n) is 8.57. The van der Waals surface area contributed by atoms with E-state index in [1.54, 1.807) is 0 Å². The van der Waals surface area contributed by atoms with Crippen LogP contribution in [-0.2, 0) is 9.53 Å². The molecule has 3 rings (SSSR count). The van der Waals surface area contributed by atoms with Crippen molar-refractivity contribution in [3.63, 3.8) is 0 Å². The lowest BCUT2D eigenvalue weighted by Gasteiger charge is -2.24. The smallest absolute Gasteiger partial charge is 0.315 e. The molecule has 0 heterocycles. The fourth-order valence-electron chi connectivity index (χ4n) is 3.25. The van der Waals surface area contributed by atoms with Gasteiger partial charge >= 0.3 is 5.97 Å². The lowest BCUT2D eigenvalue weighted by Crippen LogP contribution is -2.38. The topological polar surface area (TPSA) is 38.7 Å². The highest BCUT2D eigenvalue weighted by molar-refractivity contribution is 6.13. The molecule has 31 heavy (non-hydrogen) atoms. The molecule has 0 aliphatic carbocycles. The molecular weight excluding hydrogens is 384 g/mol. The van der Waals surface area contributed by atoms with Crippen LogP contribution < -0.4 is 0 Å². The van der Waals surface area contributed by atoms with Crippen LogP contribution in [0, 0.1) is 0 Å². The van der Waals surface area contributed by atoms with Crippen LogP contribution in [0.1, 0.15) is 22.6 Å². The second-order valence-corrected chi connectivity index (χ2v) is 8.57. The minimum Gasteiger partial charge on any atom is -0.459 e. The first-order chi connectivity index (χ1) is 14.9. The maximum absolute atomic E-state index is 13.0. The number of hydrogen-bond donors (Lipinski definition) is 0. The average molecular weight is 416 g/mol. The van der Waals surface area contributed by atoms with E-state index in [1.165, 1.54) is 0 Å². The van der Waals surface area contributed by atoms with E-state index in [2.05, 4.69) is 21.1 Å². The third kappa shape index (κ3) is 6.90. The predicted octanol–water partition coefficient (Wildman–Crippen LogP) is 4.56. The Kier molecular flexibility index (Phi) is 7.74. The van der Waals surface area contributed by atoms with Gasteiger partial charge in [0.2, 0.25) is 0 Å². The maximum Gasteiger partial charge on any atom is 0.315 e. The van der Waals surface area contributed by atoms with Crippen molar-refractivity contribution >= 4 is 11.7 Å². The molecule has 0 N–H and O–H groups in total. The Morgan fingerprint density at radius 3 is 1.77 bits per heavy atom. The number of carbonyl (C=O) groups is 1. The van der Waals surface area contributed by atoms with E-state index in [0.717, 1.165) is 33.4 Å². The summed E-state index contributed by atoms with van der Waals surface area (Å²) >= 11 is 0. The molecule has 0 fully saturated rings. The zero-order chi connectivity index (χ0) is 22.1. The van der Waals surface area contributed by atoms with Crippen molar-refractivity contribution in [1.82, 2.24) is 0 Å². The van der Waals surface area contributed by atoms with Crippen LogP contribution in [0.25, 0.3) is 0 Å². The van der Waals surface area contributed by atoms with Gasteiger partial charge in [-0.1, -0.05) is 91.0 Å². The molecule has 0 spiro atoms. The van der Waals surface area contributed by atoms with Crippen molar-refractivity contribution in [1.29, 1.82) is 0 Å². The van der Waals surface area contributed by atoms with Crippen LogP contribution in [0.3, 0.4) is 0 Å². The molecule has 3 aromatic rings. The minimum absolute atomic E-state index is 0.233. The molecule has 0 aromatic heterocycles. The van der Waals surface area contributed by atoms with Gasteiger partial charge in [0.05, 0.1) is 33.4 Å². The number of ether oxygens (including phenoxy) is 1. The van der Waals surface area contributed by atoms with Crippen LogP contribution in [0.4, 0.5) is 0 Å². The van der Waals surface area contributed by atoms with Gasteiger partial charge in [0, 0.05) is 11.1 Å². The Balaban J connectivity index is 1.88. The highest BCUT2D eigenvalue weighted by Crippen LogP contribution is 2.20. The molecular formula is C27H31N2O2+. The molecule has 0 aliphatic rings. The third-order valence-corrected chi connectivity index (χ3v) is 5.02. The molecule has 3 aromatic carbocycles. The molecule has 0 aliphatic heterocycles. The van der Waals surface area contributed by atoms with E-state index >= 15 is 0 Å². The van der Waals surface area contributed by atoms with E-state index in [4.69, 9.17) is 9.73 Å². The number of aliphatic imine (C=N–C) groups is 1.